The summed E-state index contributed by atoms with van der Waals surface area (Å²) in [5.41, 5.74) is 0.912. The minimum Gasteiger partial charge on any atom is -0.496 e. The van der Waals surface area contributed by atoms with Crippen LogP contribution in [0, 0.1) is 0 Å². The van der Waals surface area contributed by atoms with Gasteiger partial charge in [-0.15, -0.1) is 11.8 Å². The molecule has 2 unspecified atom stereocenters. The van der Waals surface area contributed by atoms with E-state index in [1.165, 1.54) is 23.8 Å². The highest BCUT2D eigenvalue weighted by molar-refractivity contribution is 7.99. The third kappa shape index (κ3) is 7.63. The maximum atomic E-state index is 13.4. The van der Waals surface area contributed by atoms with E-state index < -0.39 is 40.9 Å². The molecule has 0 aromatic heterocycles. The molecule has 0 radical (unpaired) electrons. The monoisotopic (exact) mass is 529 g/mol. The van der Waals surface area contributed by atoms with E-state index in [9.17, 15) is 19.2 Å². The fraction of sp³-hybridized carbons (Fsp3) is 0.385. The van der Waals surface area contributed by atoms with E-state index in [0.717, 1.165) is 5.56 Å². The molecule has 0 spiro atoms. The number of carboxylic acid groups (broad SMARTS) is 1. The first-order valence-corrected chi connectivity index (χ1v) is 12.7. The second-order valence-electron chi connectivity index (χ2n) is 9.36. The van der Waals surface area contributed by atoms with Gasteiger partial charge in [0.05, 0.1) is 20.1 Å². The van der Waals surface area contributed by atoms with Crippen LogP contribution in [0.5, 0.6) is 5.75 Å². The Kier molecular flexibility index (Phi) is 9.04. The van der Waals surface area contributed by atoms with Crippen molar-refractivity contribution in [2.24, 2.45) is 0 Å². The van der Waals surface area contributed by atoms with Gasteiger partial charge in [-0.2, -0.15) is 0 Å². The van der Waals surface area contributed by atoms with Crippen molar-refractivity contribution in [3.8, 4) is 5.75 Å². The number of aliphatic carboxylic acids is 1. The lowest BCUT2D eigenvalue weighted by Crippen LogP contribution is -2.49. The molecule has 2 atom stereocenters. The second-order valence-corrected chi connectivity index (χ2v) is 10.5. The lowest BCUT2D eigenvalue weighted by Gasteiger charge is -2.31. The van der Waals surface area contributed by atoms with Gasteiger partial charge in [0.1, 0.15) is 22.8 Å². The van der Waals surface area contributed by atoms with Gasteiger partial charge in [-0.25, -0.2) is 9.59 Å². The molecule has 37 heavy (non-hydrogen) atoms. The number of carbonyl (C=O) groups is 4. The van der Waals surface area contributed by atoms with E-state index in [4.69, 9.17) is 14.6 Å². The quantitative estimate of drug-likeness (QED) is 0.443. The Balaban J connectivity index is 1.75. The summed E-state index contributed by atoms with van der Waals surface area (Å²) in [5.74, 6) is -1.07. The fourth-order valence-corrected chi connectivity index (χ4v) is 5.29. The van der Waals surface area contributed by atoms with E-state index in [-0.39, 0.29) is 13.0 Å². The summed E-state index contributed by atoms with van der Waals surface area (Å²) in [5, 5.41) is 13.6. The van der Waals surface area contributed by atoms with Crippen LogP contribution in [0.15, 0.2) is 48.5 Å². The normalized spacial score (nSPS) is 17.1. The summed E-state index contributed by atoms with van der Waals surface area (Å²) in [6, 6.07) is 12.2. The Morgan fingerprint density at radius 1 is 1.11 bits per heavy atom. The first-order valence-electron chi connectivity index (χ1n) is 11.6. The molecule has 1 aliphatic heterocycles. The largest absolute Gasteiger partial charge is 0.496 e. The highest BCUT2D eigenvalue weighted by Crippen LogP contribution is 2.45. The van der Waals surface area contributed by atoms with E-state index >= 15 is 0 Å². The predicted octanol–water partition coefficient (Wildman–Crippen LogP) is 3.43. The number of esters is 1. The van der Waals surface area contributed by atoms with Crippen molar-refractivity contribution in [2.75, 3.05) is 24.7 Å². The van der Waals surface area contributed by atoms with Crippen molar-refractivity contribution in [2.45, 2.75) is 44.2 Å². The zero-order valence-corrected chi connectivity index (χ0v) is 22.0. The third-order valence-corrected chi connectivity index (χ3v) is 6.62. The van der Waals surface area contributed by atoms with Crippen LogP contribution in [0.1, 0.15) is 37.3 Å². The Morgan fingerprint density at radius 3 is 2.51 bits per heavy atom. The lowest BCUT2D eigenvalue weighted by molar-refractivity contribution is -0.163. The number of hydrogen-bond acceptors (Lipinski definition) is 7. The Morgan fingerprint density at radius 2 is 1.84 bits per heavy atom. The number of thioether (sulfide) groups is 1. The average molecular weight is 530 g/mol. The van der Waals surface area contributed by atoms with Crippen LogP contribution in [0.25, 0.3) is 0 Å². The third-order valence-electron chi connectivity index (χ3n) is 5.31. The number of nitrogens with one attached hydrogen (secondary N) is 2. The highest BCUT2D eigenvalue weighted by Gasteiger charge is 2.44. The Hall–Kier alpha value is -3.73. The lowest BCUT2D eigenvalue weighted by atomic mass is 10.1. The summed E-state index contributed by atoms with van der Waals surface area (Å²) >= 11 is 1.42. The van der Waals surface area contributed by atoms with Gasteiger partial charge in [0.2, 0.25) is 5.91 Å². The number of urea groups is 1. The summed E-state index contributed by atoms with van der Waals surface area (Å²) < 4.78 is 11.0. The fourth-order valence-electron chi connectivity index (χ4n) is 3.83. The topological polar surface area (TPSA) is 134 Å². The van der Waals surface area contributed by atoms with Gasteiger partial charge >= 0.3 is 18.0 Å². The number of carbonyl (C=O) groups excluding carboxylic acids is 3. The maximum absolute atomic E-state index is 13.4. The summed E-state index contributed by atoms with van der Waals surface area (Å²) in [4.78, 5) is 51.3. The zero-order chi connectivity index (χ0) is 27.2. The van der Waals surface area contributed by atoms with Crippen LogP contribution in [0.3, 0.4) is 0 Å². The molecule has 0 aliphatic carbocycles. The van der Waals surface area contributed by atoms with Crippen LogP contribution in [0.4, 0.5) is 10.5 Å². The maximum Gasteiger partial charge on any atom is 0.330 e. The molecule has 2 aromatic rings. The number of benzene rings is 2. The number of ether oxygens (including phenoxy) is 2. The van der Waals surface area contributed by atoms with Gasteiger partial charge in [0.15, 0.2) is 0 Å². The van der Waals surface area contributed by atoms with Crippen molar-refractivity contribution in [1.82, 2.24) is 10.2 Å². The molecule has 1 heterocycles. The van der Waals surface area contributed by atoms with Crippen LogP contribution >= 0.6 is 11.8 Å². The average Bonchev–Trinajstić information content (AvgIpc) is 3.26. The van der Waals surface area contributed by atoms with Crippen molar-refractivity contribution in [3.63, 3.8) is 0 Å². The summed E-state index contributed by atoms with van der Waals surface area (Å²) in [6.45, 7) is 4.91. The molecule has 10 nitrogen and oxygen atoms in total. The number of carboxylic acids is 1. The van der Waals surface area contributed by atoms with E-state index in [2.05, 4.69) is 10.6 Å². The van der Waals surface area contributed by atoms with Crippen LogP contribution in [0.2, 0.25) is 0 Å². The molecule has 3 amide bonds. The number of methoxy groups -OCH3 is 1. The van der Waals surface area contributed by atoms with Gasteiger partial charge in [0.25, 0.3) is 0 Å². The number of hydrogen-bond donors (Lipinski definition) is 3. The number of nitrogens with zero attached hydrogens (tertiary/aromatic N) is 1. The van der Waals surface area contributed by atoms with Crippen molar-refractivity contribution < 1.29 is 33.8 Å². The SMILES string of the molecule is COc1ccccc1C1SCC(C(=O)OC(C)(C)C)N1C(=O)CNC(=O)Nc1cccc(CC(=O)O)c1. The van der Waals surface area contributed by atoms with Crippen LogP contribution in [-0.2, 0) is 25.5 Å². The molecule has 1 aliphatic rings. The summed E-state index contributed by atoms with van der Waals surface area (Å²) in [6.07, 6.45) is -0.182. The molecule has 3 N–H and O–H groups in total. The molecule has 1 saturated heterocycles. The van der Waals surface area contributed by atoms with Gasteiger partial charge in [-0.1, -0.05) is 30.3 Å². The highest BCUT2D eigenvalue weighted by atomic mass is 32.2. The van der Waals surface area contributed by atoms with Crippen molar-refractivity contribution >= 4 is 41.3 Å². The number of amides is 3. The van der Waals surface area contributed by atoms with Gasteiger partial charge < -0.3 is 30.1 Å². The molecular formula is C26H31N3O7S. The van der Waals surface area contributed by atoms with E-state index in [1.54, 1.807) is 51.1 Å². The van der Waals surface area contributed by atoms with Crippen LogP contribution < -0.4 is 15.4 Å². The van der Waals surface area contributed by atoms with Gasteiger partial charge in [0, 0.05) is 17.0 Å². The minimum absolute atomic E-state index is 0.182. The van der Waals surface area contributed by atoms with Gasteiger partial charge in [-0.3, -0.25) is 9.59 Å². The van der Waals surface area contributed by atoms with Gasteiger partial charge in [-0.05, 0) is 44.5 Å². The van der Waals surface area contributed by atoms with E-state index in [0.29, 0.717) is 22.8 Å². The molecule has 3 rings (SSSR count). The first kappa shape index (κ1) is 27.9. The van der Waals surface area contributed by atoms with Crippen LogP contribution in [-0.4, -0.2) is 64.9 Å². The number of para-hydroxylation sites is 1. The molecule has 2 aromatic carbocycles. The molecule has 11 heteroatoms. The number of anilines is 1. The smallest absolute Gasteiger partial charge is 0.330 e. The second kappa shape index (κ2) is 12.0. The molecular weight excluding hydrogens is 498 g/mol. The molecule has 0 saturated carbocycles. The van der Waals surface area contributed by atoms with Crippen molar-refractivity contribution in [1.29, 1.82) is 0 Å². The standard InChI is InChI=1S/C26H31N3O7S/c1-26(2,3)36-24(33)19-15-37-23(18-10-5-6-11-20(18)35-4)29(19)21(30)14-27-25(34)28-17-9-7-8-16(12-17)13-22(31)32/h5-12,19,23H,13-15H2,1-4H3,(H,31,32)(H2,27,28,34). The Labute approximate surface area is 219 Å². The zero-order valence-electron chi connectivity index (χ0n) is 21.1. The molecule has 1 fully saturated rings. The van der Waals surface area contributed by atoms with Crippen molar-refractivity contribution in [3.05, 3.63) is 59.7 Å². The molecule has 198 valence electrons. The first-order chi connectivity index (χ1) is 17.5. The molecule has 0 bridgehead atoms. The minimum atomic E-state index is -0.986. The Bertz CT molecular complexity index is 1160. The summed E-state index contributed by atoms with van der Waals surface area (Å²) in [7, 11) is 1.54. The van der Waals surface area contributed by atoms with E-state index in [1.807, 2.05) is 18.2 Å². The number of rotatable bonds is 8. The predicted molar refractivity (Wildman–Crippen MR) is 139 cm³/mol.